The number of hydrogen-bond acceptors (Lipinski definition) is 7. The molecule has 0 spiro atoms. The molecule has 33 heavy (non-hydrogen) atoms. The number of carbonyl (C=O) groups excluding carboxylic acids is 1. The number of rotatable bonds is 7. The molecule has 0 aliphatic heterocycles. The maximum atomic E-state index is 12.8. The van der Waals surface area contributed by atoms with Crippen LogP contribution in [0.25, 0.3) is 22.2 Å². The summed E-state index contributed by atoms with van der Waals surface area (Å²) in [6, 6.07) is 8.36. The summed E-state index contributed by atoms with van der Waals surface area (Å²) in [5.74, 6) is 0.808. The van der Waals surface area contributed by atoms with E-state index in [4.69, 9.17) is 14.5 Å². The van der Waals surface area contributed by atoms with Crippen LogP contribution in [-0.4, -0.2) is 44.6 Å². The van der Waals surface area contributed by atoms with Crippen molar-refractivity contribution < 1.29 is 14.3 Å². The number of fused-ring (bicyclic) bond motifs is 1. The number of nitrogens with one attached hydrogen (secondary N) is 1. The molecule has 0 aliphatic rings. The van der Waals surface area contributed by atoms with Gasteiger partial charge in [0.25, 0.3) is 0 Å². The molecule has 0 bridgehead atoms. The molecule has 0 aliphatic carbocycles. The predicted molar refractivity (Wildman–Crippen MR) is 124 cm³/mol. The minimum Gasteiger partial charge on any atom is -0.481 e. The molecular weight excluding hydrogens is 420 g/mol. The first-order valence-corrected chi connectivity index (χ1v) is 10.5. The fourth-order valence-corrected chi connectivity index (χ4v) is 3.81. The van der Waals surface area contributed by atoms with Gasteiger partial charge in [-0.25, -0.2) is 15.0 Å². The van der Waals surface area contributed by atoms with Crippen molar-refractivity contribution in [2.24, 2.45) is 7.05 Å². The number of aryl methyl sites for hydroxylation is 3. The molecule has 9 nitrogen and oxygen atoms in total. The molecule has 1 aromatic carbocycles. The number of benzene rings is 1. The summed E-state index contributed by atoms with van der Waals surface area (Å²) in [7, 11) is 4.99. The third-order valence-corrected chi connectivity index (χ3v) is 5.48. The van der Waals surface area contributed by atoms with Gasteiger partial charge >= 0.3 is 6.01 Å². The molecule has 0 atom stereocenters. The number of nitrogens with zero attached hydrogens (tertiary/aromatic N) is 5. The summed E-state index contributed by atoms with van der Waals surface area (Å²) >= 11 is 0. The molecule has 9 heteroatoms. The van der Waals surface area contributed by atoms with Gasteiger partial charge in [0.15, 0.2) is 0 Å². The van der Waals surface area contributed by atoms with E-state index in [0.29, 0.717) is 23.0 Å². The molecule has 0 saturated heterocycles. The number of aromatic nitrogens is 5. The summed E-state index contributed by atoms with van der Waals surface area (Å²) in [4.78, 5) is 30.3. The SMILES string of the molecule is COc1nc(C)c(CC(=O)NCc2cnc(C)nc2-c2cn(C)c3ccccc23)c(OC)n1. The molecule has 4 aromatic rings. The van der Waals surface area contributed by atoms with Crippen molar-refractivity contribution in [3.63, 3.8) is 0 Å². The molecule has 1 amide bonds. The molecular formula is C24H26N6O3. The Balaban J connectivity index is 1.58. The minimum absolute atomic E-state index is 0.0787. The zero-order chi connectivity index (χ0) is 23.5. The standard InChI is InChI=1S/C24H26N6O3/c1-14-18(23(32-4)29-24(27-14)33-5)10-21(31)26-12-16-11-25-15(2)28-22(16)19-13-30(3)20-9-7-6-8-17(19)20/h6-9,11,13H,10,12H2,1-5H3,(H,26,31). The van der Waals surface area contributed by atoms with Gasteiger partial charge in [-0.15, -0.1) is 0 Å². The highest BCUT2D eigenvalue weighted by Gasteiger charge is 2.18. The van der Waals surface area contributed by atoms with E-state index >= 15 is 0 Å². The van der Waals surface area contributed by atoms with E-state index in [2.05, 4.69) is 43.2 Å². The van der Waals surface area contributed by atoms with Crippen LogP contribution in [-0.2, 0) is 24.8 Å². The minimum atomic E-state index is -0.186. The van der Waals surface area contributed by atoms with E-state index in [1.807, 2.05) is 26.1 Å². The van der Waals surface area contributed by atoms with Crippen molar-refractivity contribution >= 4 is 16.8 Å². The van der Waals surface area contributed by atoms with E-state index < -0.39 is 0 Å². The average Bonchev–Trinajstić information content (AvgIpc) is 3.15. The molecule has 4 rings (SSSR count). The number of methoxy groups -OCH3 is 2. The number of carbonyl (C=O) groups is 1. The van der Waals surface area contributed by atoms with E-state index in [1.165, 1.54) is 14.2 Å². The largest absolute Gasteiger partial charge is 0.481 e. The number of para-hydroxylation sites is 1. The first-order valence-electron chi connectivity index (χ1n) is 10.5. The van der Waals surface area contributed by atoms with Gasteiger partial charge < -0.3 is 19.4 Å². The van der Waals surface area contributed by atoms with Crippen molar-refractivity contribution in [3.8, 4) is 23.1 Å². The molecule has 170 valence electrons. The maximum Gasteiger partial charge on any atom is 0.319 e. The van der Waals surface area contributed by atoms with Gasteiger partial charge in [-0.1, -0.05) is 18.2 Å². The number of ether oxygens (including phenoxy) is 2. The van der Waals surface area contributed by atoms with Crippen molar-refractivity contribution in [2.45, 2.75) is 26.8 Å². The molecule has 0 radical (unpaired) electrons. The van der Waals surface area contributed by atoms with Gasteiger partial charge in [-0.05, 0) is 19.9 Å². The Kier molecular flexibility index (Phi) is 6.21. The van der Waals surface area contributed by atoms with Gasteiger partial charge in [0.05, 0.1) is 32.0 Å². The summed E-state index contributed by atoms with van der Waals surface area (Å²) in [5.41, 5.74) is 5.00. The summed E-state index contributed by atoms with van der Waals surface area (Å²) < 4.78 is 12.5. The van der Waals surface area contributed by atoms with Crippen molar-refractivity contribution in [2.75, 3.05) is 14.2 Å². The molecule has 0 unspecified atom stereocenters. The lowest BCUT2D eigenvalue weighted by Gasteiger charge is -2.13. The second kappa shape index (κ2) is 9.23. The normalized spacial score (nSPS) is 10.9. The van der Waals surface area contributed by atoms with Gasteiger partial charge in [-0.3, -0.25) is 4.79 Å². The average molecular weight is 447 g/mol. The summed E-state index contributed by atoms with van der Waals surface area (Å²) in [6.07, 6.45) is 3.90. The zero-order valence-corrected chi connectivity index (χ0v) is 19.3. The maximum absolute atomic E-state index is 12.8. The molecule has 0 saturated carbocycles. The Morgan fingerprint density at radius 2 is 1.88 bits per heavy atom. The molecule has 1 N–H and O–H groups in total. The van der Waals surface area contributed by atoms with Gasteiger partial charge in [0.1, 0.15) is 5.82 Å². The first-order chi connectivity index (χ1) is 15.9. The summed E-state index contributed by atoms with van der Waals surface area (Å²) in [5, 5.41) is 4.07. The Morgan fingerprint density at radius 3 is 2.64 bits per heavy atom. The fourth-order valence-electron chi connectivity index (χ4n) is 3.81. The topological polar surface area (TPSA) is 104 Å². The van der Waals surface area contributed by atoms with Crippen LogP contribution in [0.5, 0.6) is 11.9 Å². The molecule has 0 fully saturated rings. The Morgan fingerprint density at radius 1 is 1.09 bits per heavy atom. The zero-order valence-electron chi connectivity index (χ0n) is 19.3. The highest BCUT2D eigenvalue weighted by Crippen LogP contribution is 2.31. The first kappa shape index (κ1) is 22.2. The lowest BCUT2D eigenvalue weighted by Crippen LogP contribution is -2.26. The second-order valence-electron chi connectivity index (χ2n) is 7.70. The Labute approximate surface area is 191 Å². The van der Waals surface area contributed by atoms with Gasteiger partial charge in [0.2, 0.25) is 11.8 Å². The lowest BCUT2D eigenvalue weighted by molar-refractivity contribution is -0.120. The second-order valence-corrected chi connectivity index (χ2v) is 7.70. The van der Waals surface area contributed by atoms with Crippen LogP contribution in [0.2, 0.25) is 0 Å². The third kappa shape index (κ3) is 4.48. The Bertz CT molecular complexity index is 1330. The van der Waals surface area contributed by atoms with Crippen LogP contribution in [0, 0.1) is 13.8 Å². The van der Waals surface area contributed by atoms with E-state index in [-0.39, 0.29) is 24.9 Å². The van der Waals surface area contributed by atoms with Crippen molar-refractivity contribution in [1.29, 1.82) is 0 Å². The van der Waals surface area contributed by atoms with E-state index in [1.54, 1.807) is 13.1 Å². The van der Waals surface area contributed by atoms with Gasteiger partial charge in [-0.2, -0.15) is 4.98 Å². The van der Waals surface area contributed by atoms with Crippen LogP contribution < -0.4 is 14.8 Å². The number of amides is 1. The van der Waals surface area contributed by atoms with Crippen LogP contribution in [0.4, 0.5) is 0 Å². The van der Waals surface area contributed by atoms with Crippen LogP contribution in [0.3, 0.4) is 0 Å². The highest BCUT2D eigenvalue weighted by atomic mass is 16.5. The molecule has 3 heterocycles. The van der Waals surface area contributed by atoms with Crippen molar-refractivity contribution in [1.82, 2.24) is 29.8 Å². The number of hydrogen-bond donors (Lipinski definition) is 1. The predicted octanol–water partition coefficient (Wildman–Crippen LogP) is 2.92. The van der Waals surface area contributed by atoms with Gasteiger partial charge in [0, 0.05) is 53.6 Å². The smallest absolute Gasteiger partial charge is 0.319 e. The Hall–Kier alpha value is -4.01. The third-order valence-electron chi connectivity index (χ3n) is 5.48. The van der Waals surface area contributed by atoms with Crippen LogP contribution >= 0.6 is 0 Å². The van der Waals surface area contributed by atoms with Crippen LogP contribution in [0.1, 0.15) is 22.6 Å². The highest BCUT2D eigenvalue weighted by molar-refractivity contribution is 5.95. The van der Waals surface area contributed by atoms with Crippen molar-refractivity contribution in [3.05, 3.63) is 59.3 Å². The quantitative estimate of drug-likeness (QED) is 0.465. The monoisotopic (exact) mass is 446 g/mol. The van der Waals surface area contributed by atoms with E-state index in [9.17, 15) is 4.79 Å². The van der Waals surface area contributed by atoms with Crippen LogP contribution in [0.15, 0.2) is 36.7 Å². The lowest BCUT2D eigenvalue weighted by atomic mass is 10.1. The fraction of sp³-hybridized carbons (Fsp3) is 0.292. The molecule has 3 aromatic heterocycles. The summed E-state index contributed by atoms with van der Waals surface area (Å²) in [6.45, 7) is 3.94. The van der Waals surface area contributed by atoms with E-state index in [0.717, 1.165) is 27.7 Å².